The molecule has 6 nitrogen and oxygen atoms in total. The summed E-state index contributed by atoms with van der Waals surface area (Å²) in [4.78, 5) is 20.5. The average molecular weight is 386 g/mol. The van der Waals surface area contributed by atoms with Gasteiger partial charge in [-0.15, -0.1) is 0 Å². The quantitative estimate of drug-likeness (QED) is 0.731. The molecule has 0 spiro atoms. The largest absolute Gasteiger partial charge is 0.433 e. The van der Waals surface area contributed by atoms with Gasteiger partial charge in [-0.05, 0) is 43.2 Å². The molecule has 28 heavy (non-hydrogen) atoms. The molecule has 1 N–H and O–H groups in total. The third-order valence-corrected chi connectivity index (χ3v) is 4.79. The molecule has 0 aliphatic heterocycles. The Labute approximate surface area is 156 Å². The van der Waals surface area contributed by atoms with E-state index in [4.69, 9.17) is 5.26 Å². The highest BCUT2D eigenvalue weighted by Crippen LogP contribution is 2.39. The number of nitrogens with zero attached hydrogens (tertiary/aromatic N) is 4. The van der Waals surface area contributed by atoms with E-state index in [1.165, 1.54) is 30.3 Å². The lowest BCUT2D eigenvalue weighted by Crippen LogP contribution is -2.31. The molecule has 3 aromatic rings. The van der Waals surface area contributed by atoms with Gasteiger partial charge in [0.15, 0.2) is 5.65 Å². The normalized spacial score (nSPS) is 19.2. The lowest BCUT2D eigenvalue weighted by molar-refractivity contribution is -0.141. The summed E-state index contributed by atoms with van der Waals surface area (Å²) < 4.78 is 40.6. The molecule has 0 unspecified atom stereocenters. The van der Waals surface area contributed by atoms with E-state index in [2.05, 4.69) is 9.97 Å². The average Bonchev–Trinajstić information content (AvgIpc) is 2.63. The maximum absolute atomic E-state index is 13.2. The lowest BCUT2D eigenvalue weighted by atomic mass is 9.79. The second-order valence-electron chi connectivity index (χ2n) is 6.66. The number of aliphatic hydroxyl groups excluding tert-OH is 1. The Bertz CT molecular complexity index is 1170. The molecule has 1 aliphatic rings. The first-order valence-electron chi connectivity index (χ1n) is 8.47. The van der Waals surface area contributed by atoms with Crippen molar-refractivity contribution >= 4 is 11.0 Å². The number of hydrogen-bond acceptors (Lipinski definition) is 5. The van der Waals surface area contributed by atoms with Crippen LogP contribution in [-0.4, -0.2) is 25.7 Å². The Morgan fingerprint density at radius 2 is 1.93 bits per heavy atom. The van der Waals surface area contributed by atoms with Crippen molar-refractivity contribution in [3.63, 3.8) is 0 Å². The van der Waals surface area contributed by atoms with Crippen molar-refractivity contribution in [3.05, 3.63) is 63.8 Å². The van der Waals surface area contributed by atoms with Crippen molar-refractivity contribution in [2.24, 2.45) is 0 Å². The monoisotopic (exact) mass is 386 g/mol. The number of pyridine rings is 1. The van der Waals surface area contributed by atoms with Crippen LogP contribution in [0.3, 0.4) is 0 Å². The van der Waals surface area contributed by atoms with Crippen molar-refractivity contribution < 1.29 is 18.3 Å². The maximum atomic E-state index is 13.2. The maximum Gasteiger partial charge on any atom is 0.433 e. The van der Waals surface area contributed by atoms with Crippen LogP contribution in [0.15, 0.2) is 41.2 Å². The van der Waals surface area contributed by atoms with Gasteiger partial charge in [0.2, 0.25) is 0 Å². The van der Waals surface area contributed by atoms with Crippen LogP contribution in [0.5, 0.6) is 0 Å². The summed E-state index contributed by atoms with van der Waals surface area (Å²) in [5, 5.41) is 19.0. The number of aromatic nitrogens is 3. The fourth-order valence-corrected chi connectivity index (χ4v) is 3.35. The minimum Gasteiger partial charge on any atom is -0.393 e. The molecular formula is C19H13F3N4O2. The van der Waals surface area contributed by atoms with Crippen LogP contribution in [0.2, 0.25) is 0 Å². The van der Waals surface area contributed by atoms with Gasteiger partial charge < -0.3 is 5.11 Å². The summed E-state index contributed by atoms with van der Waals surface area (Å²) in [6, 6.07) is 9.96. The van der Waals surface area contributed by atoms with Crippen molar-refractivity contribution in [3.8, 4) is 11.8 Å². The lowest BCUT2D eigenvalue weighted by Gasteiger charge is -2.31. The molecule has 1 aliphatic carbocycles. The number of nitriles is 1. The first-order valence-corrected chi connectivity index (χ1v) is 8.47. The number of rotatable bonds is 2. The molecule has 1 aromatic carbocycles. The van der Waals surface area contributed by atoms with Crippen molar-refractivity contribution in [2.75, 3.05) is 0 Å². The Hall–Kier alpha value is -3.25. The number of alkyl halides is 3. The highest BCUT2D eigenvalue weighted by atomic mass is 19.4. The van der Waals surface area contributed by atoms with E-state index in [0.717, 1.165) is 10.6 Å². The van der Waals surface area contributed by atoms with Crippen LogP contribution >= 0.6 is 0 Å². The van der Waals surface area contributed by atoms with Crippen molar-refractivity contribution in [2.45, 2.75) is 31.0 Å². The van der Waals surface area contributed by atoms with Crippen molar-refractivity contribution in [1.29, 1.82) is 5.26 Å². The summed E-state index contributed by atoms with van der Waals surface area (Å²) >= 11 is 0. The van der Waals surface area contributed by atoms with Gasteiger partial charge in [0.25, 0.3) is 0 Å². The van der Waals surface area contributed by atoms with Crippen LogP contribution < -0.4 is 5.69 Å². The number of benzene rings is 1. The van der Waals surface area contributed by atoms with Gasteiger partial charge in [-0.1, -0.05) is 6.07 Å². The molecule has 1 fully saturated rings. The number of aliphatic hydroxyl groups is 1. The van der Waals surface area contributed by atoms with Gasteiger partial charge in [-0.3, -0.25) is 0 Å². The zero-order chi connectivity index (χ0) is 20.1. The van der Waals surface area contributed by atoms with Gasteiger partial charge in [0.05, 0.1) is 29.1 Å². The third kappa shape index (κ3) is 3.01. The standard InChI is InChI=1S/C19H13F3N4O2/c20-19(21,22)15-5-4-14-16(11-7-13(27)8-11)25-18(28)26(17(14)24-15)12-3-1-2-10(6-12)9-23/h1-6,11,13,27H,7-8H2. The second kappa shape index (κ2) is 6.42. The van der Waals surface area contributed by atoms with E-state index >= 15 is 0 Å². The van der Waals surface area contributed by atoms with Crippen LogP contribution in [0.25, 0.3) is 16.7 Å². The smallest absolute Gasteiger partial charge is 0.393 e. The molecular weight excluding hydrogens is 373 g/mol. The van der Waals surface area contributed by atoms with Crippen LogP contribution in [0.4, 0.5) is 13.2 Å². The molecule has 0 saturated heterocycles. The molecule has 142 valence electrons. The van der Waals surface area contributed by atoms with E-state index in [0.29, 0.717) is 23.9 Å². The van der Waals surface area contributed by atoms with Gasteiger partial charge >= 0.3 is 11.9 Å². The molecule has 1 saturated carbocycles. The highest BCUT2D eigenvalue weighted by Gasteiger charge is 2.35. The zero-order valence-electron chi connectivity index (χ0n) is 14.3. The number of hydrogen-bond donors (Lipinski definition) is 1. The summed E-state index contributed by atoms with van der Waals surface area (Å²) in [7, 11) is 0. The second-order valence-corrected chi connectivity index (χ2v) is 6.66. The minimum atomic E-state index is -4.68. The minimum absolute atomic E-state index is 0.179. The first kappa shape index (κ1) is 18.1. The Kier molecular flexibility index (Phi) is 4.16. The molecule has 9 heteroatoms. The summed E-state index contributed by atoms with van der Waals surface area (Å²) in [6.07, 6.45) is -4.42. The summed E-state index contributed by atoms with van der Waals surface area (Å²) in [5.41, 5.74) is -1.31. The molecule has 0 radical (unpaired) electrons. The van der Waals surface area contributed by atoms with Gasteiger partial charge in [-0.2, -0.15) is 23.4 Å². The molecule has 2 aromatic heterocycles. The fourth-order valence-electron chi connectivity index (χ4n) is 3.35. The topological polar surface area (TPSA) is 91.8 Å². The van der Waals surface area contributed by atoms with Crippen molar-refractivity contribution in [1.82, 2.24) is 14.5 Å². The third-order valence-electron chi connectivity index (χ3n) is 4.79. The molecule has 2 heterocycles. The number of halogens is 3. The first-order chi connectivity index (χ1) is 13.3. The predicted molar refractivity (Wildman–Crippen MR) is 92.8 cm³/mol. The van der Waals surface area contributed by atoms with Crippen LogP contribution in [-0.2, 0) is 6.18 Å². The Morgan fingerprint density at radius 3 is 2.57 bits per heavy atom. The zero-order valence-corrected chi connectivity index (χ0v) is 14.3. The Morgan fingerprint density at radius 1 is 1.18 bits per heavy atom. The van der Waals surface area contributed by atoms with Crippen LogP contribution in [0, 0.1) is 11.3 Å². The van der Waals surface area contributed by atoms with Gasteiger partial charge in [0.1, 0.15) is 5.69 Å². The van der Waals surface area contributed by atoms with E-state index in [1.54, 1.807) is 0 Å². The van der Waals surface area contributed by atoms with E-state index in [-0.39, 0.29) is 22.8 Å². The Balaban J connectivity index is 2.03. The SMILES string of the molecule is N#Cc1cccc(-n2c(=O)nc(C3CC(O)C3)c3ccc(C(F)(F)F)nc32)c1. The molecule has 4 rings (SSSR count). The van der Waals surface area contributed by atoms with Crippen LogP contribution in [0.1, 0.15) is 35.7 Å². The predicted octanol–water partition coefficient (Wildman–Crippen LogP) is 2.91. The summed E-state index contributed by atoms with van der Waals surface area (Å²) in [5.74, 6) is -0.219. The van der Waals surface area contributed by atoms with Gasteiger partial charge in [-0.25, -0.2) is 14.3 Å². The molecule has 0 atom stereocenters. The van der Waals surface area contributed by atoms with E-state index in [9.17, 15) is 23.1 Å². The van der Waals surface area contributed by atoms with E-state index < -0.39 is 23.7 Å². The number of fused-ring (bicyclic) bond motifs is 1. The molecule has 0 bridgehead atoms. The molecule has 0 amide bonds. The highest BCUT2D eigenvalue weighted by molar-refractivity contribution is 5.80. The van der Waals surface area contributed by atoms with Gasteiger partial charge in [0, 0.05) is 11.3 Å². The van der Waals surface area contributed by atoms with E-state index in [1.807, 2.05) is 6.07 Å². The summed E-state index contributed by atoms with van der Waals surface area (Å²) in [6.45, 7) is 0. The fraction of sp³-hybridized carbons (Fsp3) is 0.263.